The van der Waals surface area contributed by atoms with E-state index in [9.17, 15) is 9.90 Å². The van der Waals surface area contributed by atoms with E-state index in [1.54, 1.807) is 0 Å². The van der Waals surface area contributed by atoms with Crippen molar-refractivity contribution in [3.05, 3.63) is 35.9 Å². The third-order valence-electron chi connectivity index (χ3n) is 4.62. The lowest BCUT2D eigenvalue weighted by atomic mass is 9.89. The molecule has 1 amide bonds. The summed E-state index contributed by atoms with van der Waals surface area (Å²) in [6, 6.07) is 9.95. The highest BCUT2D eigenvalue weighted by Gasteiger charge is 2.63. The molecule has 1 aliphatic rings. The minimum atomic E-state index is -0.497. The molecule has 3 heteroatoms. The quantitative estimate of drug-likeness (QED) is 0.867. The van der Waals surface area contributed by atoms with Gasteiger partial charge in [-0.1, -0.05) is 37.3 Å². The van der Waals surface area contributed by atoms with Crippen molar-refractivity contribution >= 4 is 5.91 Å². The fraction of sp³-hybridized carbons (Fsp3) is 0.588. The molecule has 1 fully saturated rings. The molecule has 0 aromatic heterocycles. The SMILES string of the molecule is CC[C@@H](O)[C@@H]1C[C@]1(C(=O)N(CC)CC)c1ccccc1. The zero-order valence-corrected chi connectivity index (χ0v) is 12.7. The third-order valence-corrected chi connectivity index (χ3v) is 4.62. The Morgan fingerprint density at radius 1 is 1.30 bits per heavy atom. The van der Waals surface area contributed by atoms with E-state index >= 15 is 0 Å². The highest BCUT2D eigenvalue weighted by molar-refractivity contribution is 5.92. The molecule has 1 aromatic carbocycles. The minimum Gasteiger partial charge on any atom is -0.393 e. The molecule has 0 aliphatic heterocycles. The first-order valence-electron chi connectivity index (χ1n) is 7.64. The molecular formula is C17H25NO2. The number of rotatable bonds is 6. The van der Waals surface area contributed by atoms with Crippen LogP contribution in [0.4, 0.5) is 0 Å². The van der Waals surface area contributed by atoms with Crippen molar-refractivity contribution in [2.45, 2.75) is 45.1 Å². The Labute approximate surface area is 121 Å². The lowest BCUT2D eigenvalue weighted by molar-refractivity contribution is -0.134. The van der Waals surface area contributed by atoms with Crippen molar-refractivity contribution in [3.8, 4) is 0 Å². The molecule has 2 rings (SSSR count). The number of nitrogens with zero attached hydrogens (tertiary/aromatic N) is 1. The Morgan fingerprint density at radius 3 is 2.40 bits per heavy atom. The van der Waals surface area contributed by atoms with Crippen molar-refractivity contribution in [3.63, 3.8) is 0 Å². The number of hydrogen-bond acceptors (Lipinski definition) is 2. The van der Waals surface area contributed by atoms with Crippen LogP contribution in [0.5, 0.6) is 0 Å². The van der Waals surface area contributed by atoms with E-state index in [4.69, 9.17) is 0 Å². The lowest BCUT2D eigenvalue weighted by Crippen LogP contribution is -2.41. The van der Waals surface area contributed by atoms with Gasteiger partial charge in [0.2, 0.25) is 5.91 Å². The van der Waals surface area contributed by atoms with E-state index in [1.807, 2.05) is 56.0 Å². The van der Waals surface area contributed by atoms with Gasteiger partial charge in [0.25, 0.3) is 0 Å². The fourth-order valence-corrected chi connectivity index (χ4v) is 3.27. The van der Waals surface area contributed by atoms with Crippen LogP contribution in [-0.4, -0.2) is 35.1 Å². The van der Waals surface area contributed by atoms with E-state index in [0.29, 0.717) is 6.42 Å². The van der Waals surface area contributed by atoms with Crippen molar-refractivity contribution < 1.29 is 9.90 Å². The van der Waals surface area contributed by atoms with Crippen LogP contribution in [0.1, 0.15) is 39.2 Å². The average Bonchev–Trinajstić information content (AvgIpc) is 3.25. The predicted molar refractivity (Wildman–Crippen MR) is 80.5 cm³/mol. The van der Waals surface area contributed by atoms with Crippen LogP contribution in [-0.2, 0) is 10.2 Å². The largest absolute Gasteiger partial charge is 0.393 e. The molecule has 0 saturated heterocycles. The zero-order valence-electron chi connectivity index (χ0n) is 12.7. The first-order chi connectivity index (χ1) is 9.61. The van der Waals surface area contributed by atoms with Gasteiger partial charge in [-0.25, -0.2) is 0 Å². The van der Waals surface area contributed by atoms with E-state index < -0.39 is 11.5 Å². The maximum Gasteiger partial charge on any atom is 0.233 e. The number of amides is 1. The molecule has 1 aromatic rings. The smallest absolute Gasteiger partial charge is 0.233 e. The third kappa shape index (κ3) is 2.35. The summed E-state index contributed by atoms with van der Waals surface area (Å²) in [6.07, 6.45) is 1.07. The first-order valence-corrected chi connectivity index (χ1v) is 7.64. The lowest BCUT2D eigenvalue weighted by Gasteiger charge is -2.27. The normalized spacial score (nSPS) is 26.1. The predicted octanol–water partition coefficient (Wildman–Crippen LogP) is 2.58. The summed E-state index contributed by atoms with van der Waals surface area (Å²) in [5, 5.41) is 10.2. The molecule has 0 unspecified atom stereocenters. The summed E-state index contributed by atoms with van der Waals surface area (Å²) >= 11 is 0. The molecule has 1 aliphatic carbocycles. The van der Waals surface area contributed by atoms with Gasteiger partial charge in [-0.15, -0.1) is 0 Å². The highest BCUT2D eigenvalue weighted by Crippen LogP contribution is 2.57. The van der Waals surface area contributed by atoms with Gasteiger partial charge in [0, 0.05) is 19.0 Å². The summed E-state index contributed by atoms with van der Waals surface area (Å²) in [6.45, 7) is 7.43. The van der Waals surface area contributed by atoms with Crippen LogP contribution < -0.4 is 0 Å². The molecule has 110 valence electrons. The number of carbonyl (C=O) groups excluding carboxylic acids is 1. The van der Waals surface area contributed by atoms with Gasteiger partial charge in [0.15, 0.2) is 0 Å². The van der Waals surface area contributed by atoms with Crippen molar-refractivity contribution in [2.24, 2.45) is 5.92 Å². The molecule has 0 radical (unpaired) electrons. The molecule has 1 N–H and O–H groups in total. The van der Waals surface area contributed by atoms with Gasteiger partial charge in [0.05, 0.1) is 11.5 Å². The Bertz CT molecular complexity index is 455. The Balaban J connectivity index is 2.35. The van der Waals surface area contributed by atoms with Gasteiger partial charge >= 0.3 is 0 Å². The molecule has 3 atom stereocenters. The van der Waals surface area contributed by atoms with Crippen molar-refractivity contribution in [2.75, 3.05) is 13.1 Å². The Hall–Kier alpha value is -1.35. The van der Waals surface area contributed by atoms with Gasteiger partial charge in [0.1, 0.15) is 0 Å². The second-order valence-corrected chi connectivity index (χ2v) is 5.60. The van der Waals surface area contributed by atoms with E-state index in [2.05, 4.69) is 0 Å². The van der Waals surface area contributed by atoms with E-state index in [0.717, 1.165) is 25.1 Å². The molecular weight excluding hydrogens is 250 g/mol. The number of likely N-dealkylation sites (N-methyl/N-ethyl adjacent to an activating group) is 1. The van der Waals surface area contributed by atoms with E-state index in [-0.39, 0.29) is 11.8 Å². The molecule has 0 spiro atoms. The molecule has 1 saturated carbocycles. The van der Waals surface area contributed by atoms with Gasteiger partial charge in [-0.3, -0.25) is 4.79 Å². The number of hydrogen-bond donors (Lipinski definition) is 1. The zero-order chi connectivity index (χ0) is 14.8. The first kappa shape index (κ1) is 15.0. The molecule has 0 heterocycles. The second kappa shape index (κ2) is 5.96. The maximum atomic E-state index is 12.9. The second-order valence-electron chi connectivity index (χ2n) is 5.60. The van der Waals surface area contributed by atoms with Gasteiger partial charge in [-0.2, -0.15) is 0 Å². The van der Waals surface area contributed by atoms with Crippen LogP contribution in [0.2, 0.25) is 0 Å². The number of carbonyl (C=O) groups is 1. The van der Waals surface area contributed by atoms with Crippen LogP contribution in [0.25, 0.3) is 0 Å². The van der Waals surface area contributed by atoms with Gasteiger partial charge < -0.3 is 10.0 Å². The van der Waals surface area contributed by atoms with E-state index in [1.165, 1.54) is 0 Å². The van der Waals surface area contributed by atoms with Gasteiger partial charge in [-0.05, 0) is 32.3 Å². The fourth-order valence-electron chi connectivity index (χ4n) is 3.27. The summed E-state index contributed by atoms with van der Waals surface area (Å²) in [5.74, 6) is 0.231. The highest BCUT2D eigenvalue weighted by atomic mass is 16.3. The van der Waals surface area contributed by atoms with Crippen LogP contribution >= 0.6 is 0 Å². The molecule has 20 heavy (non-hydrogen) atoms. The summed E-state index contributed by atoms with van der Waals surface area (Å²) in [7, 11) is 0. The summed E-state index contributed by atoms with van der Waals surface area (Å²) < 4.78 is 0. The maximum absolute atomic E-state index is 12.9. The average molecular weight is 275 g/mol. The number of aliphatic hydroxyl groups is 1. The summed E-state index contributed by atoms with van der Waals surface area (Å²) in [4.78, 5) is 14.8. The standard InChI is InChI=1S/C17H25NO2/c1-4-15(19)14-12-17(14,13-10-8-7-9-11-13)16(20)18(5-2)6-3/h7-11,14-15,19H,4-6,12H2,1-3H3/t14-,15+,17-/m0/s1. The molecule has 3 nitrogen and oxygen atoms in total. The van der Waals surface area contributed by atoms with Crippen molar-refractivity contribution in [1.82, 2.24) is 4.90 Å². The minimum absolute atomic E-state index is 0.0583. The summed E-state index contributed by atoms with van der Waals surface area (Å²) in [5.41, 5.74) is 0.553. The number of benzene rings is 1. The number of aliphatic hydroxyl groups excluding tert-OH is 1. The Morgan fingerprint density at radius 2 is 1.90 bits per heavy atom. The van der Waals surface area contributed by atoms with Crippen LogP contribution in [0.3, 0.4) is 0 Å². The topological polar surface area (TPSA) is 40.5 Å². The monoisotopic (exact) mass is 275 g/mol. The van der Waals surface area contributed by atoms with Crippen LogP contribution in [0, 0.1) is 5.92 Å². The Kier molecular flexibility index (Phi) is 4.48. The van der Waals surface area contributed by atoms with Crippen molar-refractivity contribution in [1.29, 1.82) is 0 Å². The molecule has 0 bridgehead atoms. The van der Waals surface area contributed by atoms with Crippen LogP contribution in [0.15, 0.2) is 30.3 Å².